The van der Waals surface area contributed by atoms with Gasteiger partial charge in [-0.2, -0.15) is 0 Å². The molecule has 0 bridgehead atoms. The normalized spacial score (nSPS) is 13.7. The van der Waals surface area contributed by atoms with Gasteiger partial charge in [0, 0.05) is 5.92 Å². The number of benzene rings is 1. The Morgan fingerprint density at radius 1 is 1.23 bits per heavy atom. The number of hydrogen-bond donors (Lipinski definition) is 0. The van der Waals surface area contributed by atoms with Crippen LogP contribution in [0.25, 0.3) is 0 Å². The average molecular weight is 369 g/mol. The van der Waals surface area contributed by atoms with Crippen molar-refractivity contribution in [1.29, 1.82) is 0 Å². The predicted molar refractivity (Wildman–Crippen MR) is 97.1 cm³/mol. The van der Waals surface area contributed by atoms with Crippen molar-refractivity contribution in [1.82, 2.24) is 14.8 Å². The summed E-state index contributed by atoms with van der Waals surface area (Å²) in [5.41, 5.74) is 1.22. The van der Waals surface area contributed by atoms with Crippen molar-refractivity contribution in [2.75, 3.05) is 7.11 Å². The van der Waals surface area contributed by atoms with E-state index in [0.717, 1.165) is 17.5 Å². The molecule has 0 spiro atoms. The quantitative estimate of drug-likeness (QED) is 0.465. The molecule has 7 heteroatoms. The molecule has 0 aliphatic heterocycles. The highest BCUT2D eigenvalue weighted by Gasteiger charge is 2.30. The van der Waals surface area contributed by atoms with Gasteiger partial charge in [-0.15, -0.1) is 10.2 Å². The number of methoxy groups -OCH3 is 1. The van der Waals surface area contributed by atoms with Crippen LogP contribution >= 0.6 is 11.8 Å². The first-order valence-corrected chi connectivity index (χ1v) is 9.50. The Labute approximate surface area is 155 Å². The van der Waals surface area contributed by atoms with Gasteiger partial charge in [0.25, 0.3) is 0 Å². The first kappa shape index (κ1) is 16.9. The van der Waals surface area contributed by atoms with Crippen LogP contribution in [0.1, 0.15) is 46.5 Å². The van der Waals surface area contributed by atoms with Crippen LogP contribution in [0, 0.1) is 0 Å². The minimum absolute atomic E-state index is 0.215. The summed E-state index contributed by atoms with van der Waals surface area (Å²) in [6.07, 6.45) is 2.36. The van der Waals surface area contributed by atoms with E-state index in [1.807, 2.05) is 18.2 Å². The first-order chi connectivity index (χ1) is 12.7. The van der Waals surface area contributed by atoms with Crippen LogP contribution in [0.2, 0.25) is 0 Å². The molecular formula is C19H19N3O3S. The highest BCUT2D eigenvalue weighted by Crippen LogP contribution is 2.40. The standard InChI is InChI=1S/C19H19N3O3S/c1-24-18(23)16-10-9-15(25-16)12-26-19-21-20-17(14-7-8-14)22(19)11-13-5-3-2-4-6-13/h2-6,9-10,14H,7-8,11-12H2,1H3. The summed E-state index contributed by atoms with van der Waals surface area (Å²) in [6.45, 7) is 0.758. The van der Waals surface area contributed by atoms with Crippen molar-refractivity contribution in [2.24, 2.45) is 0 Å². The highest BCUT2D eigenvalue weighted by atomic mass is 32.2. The topological polar surface area (TPSA) is 70.2 Å². The summed E-state index contributed by atoms with van der Waals surface area (Å²) in [5, 5.41) is 9.68. The van der Waals surface area contributed by atoms with Crippen LogP contribution in [0.3, 0.4) is 0 Å². The van der Waals surface area contributed by atoms with Gasteiger partial charge in [0.15, 0.2) is 5.16 Å². The molecule has 2 heterocycles. The second-order valence-electron chi connectivity index (χ2n) is 6.23. The molecule has 0 atom stereocenters. The number of carbonyl (C=O) groups is 1. The van der Waals surface area contributed by atoms with Gasteiger partial charge < -0.3 is 13.7 Å². The molecule has 4 rings (SSSR count). The van der Waals surface area contributed by atoms with Crippen molar-refractivity contribution in [2.45, 2.75) is 36.2 Å². The van der Waals surface area contributed by atoms with Gasteiger partial charge in [-0.1, -0.05) is 42.1 Å². The lowest BCUT2D eigenvalue weighted by Gasteiger charge is -2.09. The summed E-state index contributed by atoms with van der Waals surface area (Å²) in [4.78, 5) is 11.5. The van der Waals surface area contributed by atoms with Gasteiger partial charge in [0.05, 0.1) is 19.4 Å². The summed E-state index contributed by atoms with van der Waals surface area (Å²) < 4.78 is 12.4. The molecule has 0 saturated heterocycles. The fraction of sp³-hybridized carbons (Fsp3) is 0.316. The molecule has 3 aromatic rings. The Morgan fingerprint density at radius 2 is 2.04 bits per heavy atom. The van der Waals surface area contributed by atoms with Crippen molar-refractivity contribution in [3.63, 3.8) is 0 Å². The van der Waals surface area contributed by atoms with E-state index in [0.29, 0.717) is 17.4 Å². The van der Waals surface area contributed by atoms with Gasteiger partial charge in [-0.05, 0) is 30.5 Å². The summed E-state index contributed by atoms with van der Waals surface area (Å²) >= 11 is 1.56. The van der Waals surface area contributed by atoms with Crippen molar-refractivity contribution >= 4 is 17.7 Å². The van der Waals surface area contributed by atoms with E-state index in [4.69, 9.17) is 4.42 Å². The average Bonchev–Trinajstić information content (AvgIpc) is 3.27. The van der Waals surface area contributed by atoms with Crippen LogP contribution < -0.4 is 0 Å². The zero-order chi connectivity index (χ0) is 17.9. The Hall–Kier alpha value is -2.54. The maximum atomic E-state index is 11.5. The second kappa shape index (κ2) is 7.37. The third-order valence-electron chi connectivity index (χ3n) is 4.26. The SMILES string of the molecule is COC(=O)c1ccc(CSc2nnc(C3CC3)n2Cc2ccccc2)o1. The van der Waals surface area contributed by atoms with E-state index in [9.17, 15) is 4.79 Å². The Kier molecular flexibility index (Phi) is 4.79. The first-order valence-electron chi connectivity index (χ1n) is 8.51. The van der Waals surface area contributed by atoms with Gasteiger partial charge >= 0.3 is 5.97 Å². The number of rotatable bonds is 7. The molecule has 1 fully saturated rings. The molecule has 26 heavy (non-hydrogen) atoms. The van der Waals surface area contributed by atoms with Crippen LogP contribution in [-0.2, 0) is 17.0 Å². The minimum atomic E-state index is -0.468. The number of thioether (sulfide) groups is 1. The van der Waals surface area contributed by atoms with Gasteiger partial charge in [0.2, 0.25) is 5.76 Å². The second-order valence-corrected chi connectivity index (χ2v) is 7.18. The smallest absolute Gasteiger partial charge is 0.373 e. The molecule has 0 N–H and O–H groups in total. The zero-order valence-electron chi connectivity index (χ0n) is 14.4. The molecule has 0 radical (unpaired) electrons. The van der Waals surface area contributed by atoms with E-state index in [1.54, 1.807) is 23.9 Å². The molecule has 1 aliphatic rings. The lowest BCUT2D eigenvalue weighted by molar-refractivity contribution is 0.0563. The molecular weight excluding hydrogens is 350 g/mol. The van der Waals surface area contributed by atoms with Crippen molar-refractivity contribution in [3.05, 3.63) is 65.4 Å². The fourth-order valence-corrected chi connectivity index (χ4v) is 3.61. The number of esters is 1. The number of hydrogen-bond acceptors (Lipinski definition) is 6. The Morgan fingerprint density at radius 3 is 2.77 bits per heavy atom. The number of nitrogens with zero attached hydrogens (tertiary/aromatic N) is 3. The van der Waals surface area contributed by atoms with E-state index >= 15 is 0 Å². The monoisotopic (exact) mass is 369 g/mol. The number of ether oxygens (including phenoxy) is 1. The number of carbonyl (C=O) groups excluding carboxylic acids is 1. The third kappa shape index (κ3) is 3.67. The number of aromatic nitrogens is 3. The minimum Gasteiger partial charge on any atom is -0.463 e. The van der Waals surface area contributed by atoms with E-state index in [2.05, 4.69) is 31.6 Å². The predicted octanol–water partition coefficient (Wildman–Crippen LogP) is 3.88. The van der Waals surface area contributed by atoms with Crippen LogP contribution in [0.5, 0.6) is 0 Å². The highest BCUT2D eigenvalue weighted by molar-refractivity contribution is 7.98. The molecule has 0 unspecified atom stereocenters. The lowest BCUT2D eigenvalue weighted by atomic mass is 10.2. The molecule has 134 valence electrons. The summed E-state index contributed by atoms with van der Waals surface area (Å²) in [5.74, 6) is 2.62. The zero-order valence-corrected chi connectivity index (χ0v) is 15.2. The molecule has 1 aliphatic carbocycles. The molecule has 2 aromatic heterocycles. The van der Waals surface area contributed by atoms with Crippen molar-refractivity contribution < 1.29 is 13.9 Å². The Balaban J connectivity index is 1.51. The van der Waals surface area contributed by atoms with Crippen LogP contribution in [0.15, 0.2) is 52.0 Å². The fourth-order valence-electron chi connectivity index (χ4n) is 2.77. The van der Waals surface area contributed by atoms with E-state index < -0.39 is 5.97 Å². The summed E-state index contributed by atoms with van der Waals surface area (Å²) in [6, 6.07) is 13.7. The molecule has 1 saturated carbocycles. The third-order valence-corrected chi connectivity index (χ3v) is 5.25. The van der Waals surface area contributed by atoms with Crippen LogP contribution in [0.4, 0.5) is 0 Å². The van der Waals surface area contributed by atoms with Gasteiger partial charge in [0.1, 0.15) is 11.6 Å². The largest absolute Gasteiger partial charge is 0.463 e. The molecule has 1 aromatic carbocycles. The van der Waals surface area contributed by atoms with E-state index in [1.165, 1.54) is 25.5 Å². The maximum Gasteiger partial charge on any atom is 0.373 e. The van der Waals surface area contributed by atoms with Gasteiger partial charge in [-0.25, -0.2) is 4.79 Å². The Bertz CT molecular complexity index is 900. The van der Waals surface area contributed by atoms with E-state index in [-0.39, 0.29) is 5.76 Å². The maximum absolute atomic E-state index is 11.5. The van der Waals surface area contributed by atoms with Gasteiger partial charge in [-0.3, -0.25) is 0 Å². The molecule has 0 amide bonds. The summed E-state index contributed by atoms with van der Waals surface area (Å²) in [7, 11) is 1.34. The van der Waals surface area contributed by atoms with Crippen molar-refractivity contribution in [3.8, 4) is 0 Å². The lowest BCUT2D eigenvalue weighted by Crippen LogP contribution is -2.06. The van der Waals surface area contributed by atoms with Crippen LogP contribution in [-0.4, -0.2) is 27.8 Å². The number of furan rings is 1. The molecule has 6 nitrogen and oxygen atoms in total.